The number of hydrogen-bond acceptors (Lipinski definition) is 4. The summed E-state index contributed by atoms with van der Waals surface area (Å²) in [6, 6.07) is 3.40. The number of aromatic nitrogens is 2. The molecule has 1 aromatic heterocycles. The highest BCUT2D eigenvalue weighted by atomic mass is 35.5. The monoisotopic (exact) mass is 347 g/mol. The molecule has 0 unspecified atom stereocenters. The summed E-state index contributed by atoms with van der Waals surface area (Å²) in [7, 11) is 0. The van der Waals surface area contributed by atoms with Gasteiger partial charge in [0.1, 0.15) is 0 Å². The Kier molecular flexibility index (Phi) is 6.39. The van der Waals surface area contributed by atoms with Crippen molar-refractivity contribution >= 4 is 46.6 Å². The van der Waals surface area contributed by atoms with Crippen molar-refractivity contribution in [2.24, 2.45) is 0 Å². The first-order valence-electron chi connectivity index (χ1n) is 5.90. The van der Waals surface area contributed by atoms with Crippen molar-refractivity contribution in [2.45, 2.75) is 11.4 Å². The molecule has 1 N–H and O–H groups in total. The Hall–Kier alpha value is -0.520. The molecular weight excluding hydrogens is 337 g/mol. The van der Waals surface area contributed by atoms with Gasteiger partial charge in [-0.3, -0.25) is 9.97 Å². The van der Waals surface area contributed by atoms with Crippen molar-refractivity contribution in [1.82, 2.24) is 15.3 Å². The molecule has 0 bridgehead atoms. The van der Waals surface area contributed by atoms with Crippen LogP contribution in [0, 0.1) is 0 Å². The maximum atomic E-state index is 6.12. The van der Waals surface area contributed by atoms with Crippen LogP contribution in [-0.4, -0.2) is 22.3 Å². The Balaban J connectivity index is 1.76. The number of nitrogens with one attached hydrogen (secondary N) is 1. The molecule has 0 saturated heterocycles. The molecule has 7 heteroatoms. The van der Waals surface area contributed by atoms with Crippen molar-refractivity contribution < 1.29 is 0 Å². The van der Waals surface area contributed by atoms with Crippen molar-refractivity contribution in [3.05, 3.63) is 51.5 Å². The van der Waals surface area contributed by atoms with Crippen molar-refractivity contribution in [3.63, 3.8) is 0 Å². The van der Waals surface area contributed by atoms with Gasteiger partial charge in [0, 0.05) is 47.4 Å². The highest BCUT2D eigenvalue weighted by Crippen LogP contribution is 2.36. The van der Waals surface area contributed by atoms with Crippen LogP contribution in [0.3, 0.4) is 0 Å². The number of hydrogen-bond donors (Lipinski definition) is 1. The van der Waals surface area contributed by atoms with E-state index in [0.717, 1.165) is 22.9 Å². The quantitative estimate of drug-likeness (QED) is 0.623. The van der Waals surface area contributed by atoms with Crippen LogP contribution >= 0.6 is 46.6 Å². The smallest absolute Gasteiger partial charge is 0.0724 e. The van der Waals surface area contributed by atoms with E-state index in [1.807, 2.05) is 0 Å². The predicted molar refractivity (Wildman–Crippen MR) is 85.9 cm³/mol. The van der Waals surface area contributed by atoms with Crippen LogP contribution in [0.5, 0.6) is 0 Å². The van der Waals surface area contributed by atoms with Crippen LogP contribution in [0.1, 0.15) is 5.69 Å². The van der Waals surface area contributed by atoms with E-state index in [4.69, 9.17) is 34.8 Å². The molecule has 0 saturated carbocycles. The van der Waals surface area contributed by atoms with E-state index < -0.39 is 0 Å². The summed E-state index contributed by atoms with van der Waals surface area (Å²) in [6.07, 6.45) is 5.08. The Morgan fingerprint density at radius 3 is 2.50 bits per heavy atom. The van der Waals surface area contributed by atoms with E-state index in [1.165, 1.54) is 0 Å². The summed E-state index contributed by atoms with van der Waals surface area (Å²) in [5.74, 6) is 0.849. The van der Waals surface area contributed by atoms with E-state index in [2.05, 4.69) is 15.3 Å². The third-order valence-electron chi connectivity index (χ3n) is 2.41. The highest BCUT2D eigenvalue weighted by Gasteiger charge is 2.08. The van der Waals surface area contributed by atoms with Gasteiger partial charge in [-0.15, -0.1) is 11.8 Å². The first-order chi connectivity index (χ1) is 9.66. The lowest BCUT2D eigenvalue weighted by molar-refractivity contribution is 0.711. The number of rotatable bonds is 6. The summed E-state index contributed by atoms with van der Waals surface area (Å²) < 4.78 is 0. The van der Waals surface area contributed by atoms with Crippen molar-refractivity contribution in [3.8, 4) is 0 Å². The fraction of sp³-hybridized carbons (Fsp3) is 0.231. The van der Waals surface area contributed by atoms with Crippen molar-refractivity contribution in [1.29, 1.82) is 0 Å². The fourth-order valence-electron chi connectivity index (χ4n) is 1.53. The molecule has 0 aliphatic rings. The van der Waals surface area contributed by atoms with E-state index in [-0.39, 0.29) is 0 Å². The lowest BCUT2D eigenvalue weighted by Gasteiger charge is -2.08. The van der Waals surface area contributed by atoms with Gasteiger partial charge in [-0.25, -0.2) is 0 Å². The molecule has 2 aromatic rings. The second-order valence-electron chi connectivity index (χ2n) is 3.92. The van der Waals surface area contributed by atoms with E-state index in [1.54, 1.807) is 42.5 Å². The standard InChI is InChI=1S/C13H12Cl3N3S/c14-9-5-11(15)13(12(16)6-9)20-4-3-18-8-10-7-17-1-2-19-10/h1-2,5-7,18H,3-4,8H2. The van der Waals surface area contributed by atoms with E-state index >= 15 is 0 Å². The second kappa shape index (κ2) is 8.05. The van der Waals surface area contributed by atoms with Crippen LogP contribution in [0.25, 0.3) is 0 Å². The SMILES string of the molecule is Clc1cc(Cl)c(SCCNCc2cnccn2)c(Cl)c1. The molecule has 0 aliphatic heterocycles. The molecule has 0 spiro atoms. The fourth-order valence-corrected chi connectivity index (χ4v) is 3.52. The van der Waals surface area contributed by atoms with Crippen LogP contribution in [0.2, 0.25) is 15.1 Å². The first-order valence-corrected chi connectivity index (χ1v) is 8.01. The van der Waals surface area contributed by atoms with Gasteiger partial charge in [0.2, 0.25) is 0 Å². The van der Waals surface area contributed by atoms with Gasteiger partial charge in [-0.2, -0.15) is 0 Å². The summed E-state index contributed by atoms with van der Waals surface area (Å²) in [6.45, 7) is 1.51. The van der Waals surface area contributed by atoms with Gasteiger partial charge in [-0.1, -0.05) is 34.8 Å². The predicted octanol–water partition coefficient (Wildman–Crippen LogP) is 4.32. The zero-order chi connectivity index (χ0) is 14.4. The minimum absolute atomic E-state index is 0.546. The van der Waals surface area contributed by atoms with Gasteiger partial charge in [0.05, 0.1) is 15.7 Å². The minimum Gasteiger partial charge on any atom is -0.310 e. The van der Waals surface area contributed by atoms with Crippen LogP contribution in [0.4, 0.5) is 0 Å². The van der Waals surface area contributed by atoms with E-state index in [0.29, 0.717) is 21.6 Å². The Morgan fingerprint density at radius 1 is 1.10 bits per heavy atom. The third kappa shape index (κ3) is 4.79. The van der Waals surface area contributed by atoms with Gasteiger partial charge in [0.25, 0.3) is 0 Å². The van der Waals surface area contributed by atoms with Gasteiger partial charge < -0.3 is 5.32 Å². The first kappa shape index (κ1) is 15.9. The third-order valence-corrected chi connectivity index (χ3v) is 4.59. The molecule has 106 valence electrons. The maximum absolute atomic E-state index is 6.12. The largest absolute Gasteiger partial charge is 0.310 e. The maximum Gasteiger partial charge on any atom is 0.0724 e. The van der Waals surface area contributed by atoms with Crippen LogP contribution in [0.15, 0.2) is 35.6 Å². The molecular formula is C13H12Cl3N3S. The molecule has 1 aromatic carbocycles. The summed E-state index contributed by atoms with van der Waals surface area (Å²) in [5, 5.41) is 5.00. The molecule has 0 amide bonds. The minimum atomic E-state index is 0.546. The van der Waals surface area contributed by atoms with Crippen molar-refractivity contribution in [2.75, 3.05) is 12.3 Å². The number of nitrogens with zero attached hydrogens (tertiary/aromatic N) is 2. The Labute approximate surface area is 137 Å². The molecule has 3 nitrogen and oxygen atoms in total. The lowest BCUT2D eigenvalue weighted by Crippen LogP contribution is -2.17. The highest BCUT2D eigenvalue weighted by molar-refractivity contribution is 7.99. The molecule has 1 heterocycles. The second-order valence-corrected chi connectivity index (χ2v) is 6.28. The number of benzene rings is 1. The zero-order valence-corrected chi connectivity index (χ0v) is 13.5. The molecule has 0 radical (unpaired) electrons. The Morgan fingerprint density at radius 2 is 1.85 bits per heavy atom. The average Bonchev–Trinajstić information content (AvgIpc) is 2.42. The average molecular weight is 349 g/mol. The van der Waals surface area contributed by atoms with Crippen LogP contribution < -0.4 is 5.32 Å². The molecule has 0 fully saturated rings. The van der Waals surface area contributed by atoms with Gasteiger partial charge >= 0.3 is 0 Å². The summed E-state index contributed by atoms with van der Waals surface area (Å²) >= 11 is 19.7. The lowest BCUT2D eigenvalue weighted by atomic mass is 10.4. The Bertz CT molecular complexity index is 543. The molecule has 2 rings (SSSR count). The number of thioether (sulfide) groups is 1. The summed E-state index contributed by atoms with van der Waals surface area (Å²) in [4.78, 5) is 9.05. The van der Waals surface area contributed by atoms with E-state index in [9.17, 15) is 0 Å². The molecule has 0 atom stereocenters. The summed E-state index contributed by atoms with van der Waals surface area (Å²) in [5.41, 5.74) is 0.917. The number of halogens is 3. The molecule has 0 aliphatic carbocycles. The van der Waals surface area contributed by atoms with Gasteiger partial charge in [-0.05, 0) is 12.1 Å². The molecule has 20 heavy (non-hydrogen) atoms. The van der Waals surface area contributed by atoms with Crippen LogP contribution in [-0.2, 0) is 6.54 Å². The van der Waals surface area contributed by atoms with Gasteiger partial charge in [0.15, 0.2) is 0 Å². The normalized spacial score (nSPS) is 10.8. The topological polar surface area (TPSA) is 37.8 Å². The zero-order valence-electron chi connectivity index (χ0n) is 10.4.